The van der Waals surface area contributed by atoms with Gasteiger partial charge in [-0.15, -0.1) is 0 Å². The standard InChI is InChI=1S/C17H27ClN6O2/c1-6-23(7-2)11-9-19-16-20-14-13(24(16)10-8-12(3)18)15(25)22(5)17(26)21(14)4/h8H,6-7,9-11H2,1-5H3,(H,19,20)/b12-8+. The summed E-state index contributed by atoms with van der Waals surface area (Å²) < 4.78 is 4.25. The van der Waals surface area contributed by atoms with Gasteiger partial charge in [0.1, 0.15) is 0 Å². The largest absolute Gasteiger partial charge is 0.354 e. The predicted octanol–water partition coefficient (Wildman–Crippen LogP) is 1.33. The fourth-order valence-electron chi connectivity index (χ4n) is 2.84. The number of nitrogens with zero attached hydrogens (tertiary/aromatic N) is 5. The Morgan fingerprint density at radius 1 is 1.23 bits per heavy atom. The molecule has 0 radical (unpaired) electrons. The molecule has 0 bridgehead atoms. The van der Waals surface area contributed by atoms with Crippen LogP contribution in [0, 0.1) is 0 Å². The molecule has 0 aliphatic carbocycles. The first kappa shape index (κ1) is 20.3. The third-order valence-electron chi connectivity index (χ3n) is 4.51. The van der Waals surface area contributed by atoms with Gasteiger partial charge in [0.05, 0.1) is 0 Å². The van der Waals surface area contributed by atoms with Crippen molar-refractivity contribution in [2.75, 3.05) is 31.5 Å². The number of allylic oxidation sites excluding steroid dienone is 2. The quantitative estimate of drug-likeness (QED) is 0.745. The number of rotatable bonds is 8. The smallest absolute Gasteiger partial charge is 0.332 e. The summed E-state index contributed by atoms with van der Waals surface area (Å²) in [6.45, 7) is 9.89. The molecule has 0 aromatic carbocycles. The summed E-state index contributed by atoms with van der Waals surface area (Å²) in [6, 6.07) is 0. The second-order valence-corrected chi connectivity index (χ2v) is 6.76. The van der Waals surface area contributed by atoms with Crippen LogP contribution in [0.25, 0.3) is 11.2 Å². The van der Waals surface area contributed by atoms with Gasteiger partial charge in [-0.05, 0) is 20.0 Å². The molecule has 0 aliphatic rings. The van der Waals surface area contributed by atoms with Crippen LogP contribution in [0.2, 0.25) is 0 Å². The number of hydrogen-bond donors (Lipinski definition) is 1. The molecule has 0 spiro atoms. The van der Waals surface area contributed by atoms with E-state index in [1.54, 1.807) is 18.5 Å². The molecule has 0 saturated heterocycles. The summed E-state index contributed by atoms with van der Waals surface area (Å²) in [4.78, 5) is 31.6. The van der Waals surface area contributed by atoms with Crippen LogP contribution >= 0.6 is 11.6 Å². The van der Waals surface area contributed by atoms with Crippen molar-refractivity contribution in [3.63, 3.8) is 0 Å². The van der Waals surface area contributed by atoms with Crippen LogP contribution in [0.15, 0.2) is 20.7 Å². The fourth-order valence-corrected chi connectivity index (χ4v) is 2.91. The molecule has 0 saturated carbocycles. The van der Waals surface area contributed by atoms with E-state index in [2.05, 4.69) is 29.0 Å². The monoisotopic (exact) mass is 382 g/mol. The highest BCUT2D eigenvalue weighted by Crippen LogP contribution is 2.16. The predicted molar refractivity (Wildman–Crippen MR) is 106 cm³/mol. The summed E-state index contributed by atoms with van der Waals surface area (Å²) >= 11 is 5.97. The lowest BCUT2D eigenvalue weighted by molar-refractivity contribution is 0.315. The molecule has 8 nitrogen and oxygen atoms in total. The van der Waals surface area contributed by atoms with Crippen molar-refractivity contribution in [1.82, 2.24) is 23.6 Å². The first-order chi connectivity index (χ1) is 12.3. The Labute approximate surface area is 157 Å². The number of aryl methyl sites for hydroxylation is 1. The van der Waals surface area contributed by atoms with E-state index in [1.807, 2.05) is 6.08 Å². The highest BCUT2D eigenvalue weighted by atomic mass is 35.5. The lowest BCUT2D eigenvalue weighted by Crippen LogP contribution is -2.37. The van der Waals surface area contributed by atoms with Crippen molar-refractivity contribution >= 4 is 28.7 Å². The molecule has 1 N–H and O–H groups in total. The molecule has 26 heavy (non-hydrogen) atoms. The maximum Gasteiger partial charge on any atom is 0.332 e. The van der Waals surface area contributed by atoms with Gasteiger partial charge in [-0.1, -0.05) is 31.5 Å². The average Bonchev–Trinajstić information content (AvgIpc) is 2.98. The molecular weight excluding hydrogens is 356 g/mol. The normalized spacial score (nSPS) is 12.3. The molecule has 144 valence electrons. The topological polar surface area (TPSA) is 77.1 Å². The number of imidazole rings is 1. The van der Waals surface area contributed by atoms with Crippen LogP contribution in [0.3, 0.4) is 0 Å². The van der Waals surface area contributed by atoms with Gasteiger partial charge in [0, 0.05) is 38.8 Å². The number of nitrogens with one attached hydrogen (secondary N) is 1. The molecule has 0 atom stereocenters. The summed E-state index contributed by atoms with van der Waals surface area (Å²) in [5, 5.41) is 3.92. The fraction of sp³-hybridized carbons (Fsp3) is 0.588. The van der Waals surface area contributed by atoms with Crippen LogP contribution in [-0.2, 0) is 20.6 Å². The molecule has 2 heterocycles. The van der Waals surface area contributed by atoms with Crippen LogP contribution in [-0.4, -0.2) is 49.8 Å². The van der Waals surface area contributed by atoms with Crippen molar-refractivity contribution in [1.29, 1.82) is 0 Å². The van der Waals surface area contributed by atoms with Gasteiger partial charge in [-0.25, -0.2) is 4.79 Å². The van der Waals surface area contributed by atoms with E-state index in [0.717, 1.165) is 24.2 Å². The molecule has 9 heteroatoms. The second kappa shape index (κ2) is 8.55. The number of aromatic nitrogens is 4. The van der Waals surface area contributed by atoms with Gasteiger partial charge in [0.15, 0.2) is 11.2 Å². The maximum absolute atomic E-state index is 12.7. The van der Waals surface area contributed by atoms with Crippen LogP contribution < -0.4 is 16.6 Å². The van der Waals surface area contributed by atoms with Gasteiger partial charge in [-0.3, -0.25) is 13.9 Å². The zero-order chi connectivity index (χ0) is 19.4. The Hall–Kier alpha value is -2.06. The minimum absolute atomic E-state index is 0.365. The Kier molecular flexibility index (Phi) is 6.66. The van der Waals surface area contributed by atoms with Crippen molar-refractivity contribution in [2.24, 2.45) is 14.1 Å². The van der Waals surface area contributed by atoms with Crippen LogP contribution in [0.5, 0.6) is 0 Å². The Bertz CT molecular complexity index is 916. The first-order valence-corrected chi connectivity index (χ1v) is 9.14. The lowest BCUT2D eigenvalue weighted by atomic mass is 10.4. The minimum Gasteiger partial charge on any atom is -0.354 e. The molecule has 2 aromatic rings. The highest BCUT2D eigenvalue weighted by Gasteiger charge is 2.18. The van der Waals surface area contributed by atoms with Crippen molar-refractivity contribution in [2.45, 2.75) is 27.3 Å². The molecular formula is C17H27ClN6O2. The SMILES string of the molecule is CCN(CC)CCNc1nc2c(c(=O)n(C)c(=O)n2C)n1C/C=C(\C)Cl. The van der Waals surface area contributed by atoms with E-state index >= 15 is 0 Å². The summed E-state index contributed by atoms with van der Waals surface area (Å²) in [5.74, 6) is 0.555. The maximum atomic E-state index is 12.7. The Morgan fingerprint density at radius 3 is 2.46 bits per heavy atom. The summed E-state index contributed by atoms with van der Waals surface area (Å²) in [6.07, 6.45) is 1.81. The molecule has 2 rings (SSSR count). The van der Waals surface area contributed by atoms with Crippen molar-refractivity contribution in [3.05, 3.63) is 31.9 Å². The Morgan fingerprint density at radius 2 is 1.88 bits per heavy atom. The van der Waals surface area contributed by atoms with Crippen molar-refractivity contribution < 1.29 is 0 Å². The van der Waals surface area contributed by atoms with Gasteiger partial charge in [-0.2, -0.15) is 4.98 Å². The van der Waals surface area contributed by atoms with Gasteiger partial charge >= 0.3 is 5.69 Å². The Balaban J connectivity index is 2.51. The molecule has 2 aromatic heterocycles. The molecule has 0 fully saturated rings. The number of fused-ring (bicyclic) bond motifs is 1. The molecule has 0 unspecified atom stereocenters. The number of halogens is 1. The van der Waals surface area contributed by atoms with Crippen LogP contribution in [0.4, 0.5) is 5.95 Å². The van der Waals surface area contributed by atoms with E-state index in [0.29, 0.717) is 35.2 Å². The zero-order valence-electron chi connectivity index (χ0n) is 16.0. The van der Waals surface area contributed by atoms with Crippen molar-refractivity contribution in [3.8, 4) is 0 Å². The lowest BCUT2D eigenvalue weighted by Gasteiger charge is -2.18. The van der Waals surface area contributed by atoms with Gasteiger partial charge < -0.3 is 14.8 Å². The van der Waals surface area contributed by atoms with E-state index < -0.39 is 5.69 Å². The van der Waals surface area contributed by atoms with Gasteiger partial charge in [0.25, 0.3) is 5.56 Å². The van der Waals surface area contributed by atoms with E-state index in [9.17, 15) is 9.59 Å². The third kappa shape index (κ3) is 4.02. The first-order valence-electron chi connectivity index (χ1n) is 8.76. The van der Waals surface area contributed by atoms with E-state index in [1.165, 1.54) is 11.6 Å². The third-order valence-corrected chi connectivity index (χ3v) is 4.66. The molecule has 0 amide bonds. The number of hydrogen-bond acceptors (Lipinski definition) is 5. The molecule has 0 aliphatic heterocycles. The number of anilines is 1. The van der Waals surface area contributed by atoms with E-state index in [4.69, 9.17) is 11.6 Å². The van der Waals surface area contributed by atoms with Crippen LogP contribution in [0.1, 0.15) is 20.8 Å². The minimum atomic E-state index is -0.397. The summed E-state index contributed by atoms with van der Waals surface area (Å²) in [5.41, 5.74) is -0.0166. The van der Waals surface area contributed by atoms with Gasteiger partial charge in [0.2, 0.25) is 5.95 Å². The number of likely N-dealkylation sites (N-methyl/N-ethyl adjacent to an activating group) is 1. The van der Waals surface area contributed by atoms with E-state index in [-0.39, 0.29) is 5.56 Å². The summed E-state index contributed by atoms with van der Waals surface area (Å²) in [7, 11) is 3.08. The second-order valence-electron chi connectivity index (χ2n) is 6.17. The average molecular weight is 383 g/mol. The highest BCUT2D eigenvalue weighted by molar-refractivity contribution is 6.29. The zero-order valence-corrected chi connectivity index (χ0v) is 16.8.